The molecule has 0 spiro atoms. The van der Waals surface area contributed by atoms with Crippen LogP contribution < -0.4 is 10.6 Å². The molecule has 0 amide bonds. The molecule has 6 nitrogen and oxygen atoms in total. The number of sulfone groups is 1. The van der Waals surface area contributed by atoms with Gasteiger partial charge in [0.05, 0.1) is 0 Å². The van der Waals surface area contributed by atoms with E-state index in [0.29, 0.717) is 23.9 Å². The fourth-order valence-electron chi connectivity index (χ4n) is 2.33. The topological polar surface area (TPSA) is 89.2 Å². The van der Waals surface area contributed by atoms with Crippen molar-refractivity contribution in [2.24, 2.45) is 0 Å². The first-order valence-corrected chi connectivity index (χ1v) is 9.68. The molecule has 0 bridgehead atoms. The van der Waals surface area contributed by atoms with Crippen LogP contribution in [-0.4, -0.2) is 48.1 Å². The van der Waals surface area contributed by atoms with Crippen LogP contribution in [0.4, 0.5) is 11.6 Å². The summed E-state index contributed by atoms with van der Waals surface area (Å²) in [5, 5.41) is -0.536. The van der Waals surface area contributed by atoms with Crippen molar-refractivity contribution in [1.29, 1.82) is 0 Å². The number of nitrogen functional groups attached to an aromatic ring is 1. The zero-order valence-corrected chi connectivity index (χ0v) is 13.4. The quantitative estimate of drug-likeness (QED) is 0.884. The van der Waals surface area contributed by atoms with E-state index in [1.165, 1.54) is 12.6 Å². The predicted octanol–water partition coefficient (Wildman–Crippen LogP) is 0.935. The van der Waals surface area contributed by atoms with Crippen LogP contribution in [0.5, 0.6) is 0 Å². The average Bonchev–Trinajstić information content (AvgIpc) is 2.40. The minimum absolute atomic E-state index is 0.447. The third-order valence-electron chi connectivity index (χ3n) is 3.31. The van der Waals surface area contributed by atoms with Crippen LogP contribution in [0.1, 0.15) is 18.9 Å². The third-order valence-corrected chi connectivity index (χ3v) is 5.95. The van der Waals surface area contributed by atoms with E-state index < -0.39 is 15.2 Å². The van der Waals surface area contributed by atoms with Gasteiger partial charge in [0, 0.05) is 29.9 Å². The van der Waals surface area contributed by atoms with E-state index in [1.807, 2.05) is 4.90 Å². The number of rotatable bonds is 4. The van der Waals surface area contributed by atoms with Gasteiger partial charge in [0.15, 0.2) is 9.84 Å². The number of anilines is 2. The highest BCUT2D eigenvalue weighted by molar-refractivity contribution is 8.01. The lowest BCUT2D eigenvalue weighted by atomic mass is 10.1. The molecule has 20 heavy (non-hydrogen) atoms. The van der Waals surface area contributed by atoms with Crippen LogP contribution in [-0.2, 0) is 16.3 Å². The summed E-state index contributed by atoms with van der Waals surface area (Å²) < 4.78 is 24.0. The second kappa shape index (κ2) is 6.17. The van der Waals surface area contributed by atoms with Gasteiger partial charge in [0.1, 0.15) is 23.3 Å². The van der Waals surface area contributed by atoms with Crippen molar-refractivity contribution in [2.45, 2.75) is 25.1 Å². The van der Waals surface area contributed by atoms with Gasteiger partial charge >= 0.3 is 0 Å². The van der Waals surface area contributed by atoms with Crippen molar-refractivity contribution < 1.29 is 8.42 Å². The number of nitrogens with zero attached hydrogens (tertiary/aromatic N) is 3. The molecule has 0 aromatic carbocycles. The first-order valence-electron chi connectivity index (χ1n) is 6.57. The van der Waals surface area contributed by atoms with E-state index in [-0.39, 0.29) is 0 Å². The van der Waals surface area contributed by atoms with Crippen molar-refractivity contribution >= 4 is 33.2 Å². The van der Waals surface area contributed by atoms with Crippen LogP contribution in [0.2, 0.25) is 0 Å². The van der Waals surface area contributed by atoms with Gasteiger partial charge in [-0.05, 0) is 6.42 Å². The molecule has 112 valence electrons. The minimum Gasteiger partial charge on any atom is -0.383 e. The molecule has 2 rings (SSSR count). The van der Waals surface area contributed by atoms with E-state index in [9.17, 15) is 8.42 Å². The summed E-state index contributed by atoms with van der Waals surface area (Å²) in [5.41, 5.74) is 6.79. The molecule has 0 radical (unpaired) electrons. The SMILES string of the molecule is CCCc1c(N)ncnc1N1CCSCC1S(C)(=O)=O. The summed E-state index contributed by atoms with van der Waals surface area (Å²) in [6.45, 7) is 2.71. The third kappa shape index (κ3) is 3.17. The van der Waals surface area contributed by atoms with E-state index in [4.69, 9.17) is 5.73 Å². The van der Waals surface area contributed by atoms with Gasteiger partial charge in [-0.15, -0.1) is 0 Å². The van der Waals surface area contributed by atoms with Gasteiger partial charge in [0.2, 0.25) is 0 Å². The van der Waals surface area contributed by atoms with Crippen LogP contribution in [0.3, 0.4) is 0 Å². The Morgan fingerprint density at radius 1 is 1.50 bits per heavy atom. The Morgan fingerprint density at radius 2 is 2.25 bits per heavy atom. The van der Waals surface area contributed by atoms with Crippen LogP contribution >= 0.6 is 11.8 Å². The number of hydrogen-bond acceptors (Lipinski definition) is 7. The Hall–Kier alpha value is -1.02. The number of thioether (sulfide) groups is 1. The summed E-state index contributed by atoms with van der Waals surface area (Å²) in [6.07, 6.45) is 4.35. The largest absolute Gasteiger partial charge is 0.383 e. The zero-order chi connectivity index (χ0) is 14.8. The summed E-state index contributed by atoms with van der Waals surface area (Å²) in [5.74, 6) is 2.58. The first-order chi connectivity index (χ1) is 9.45. The molecule has 1 aliphatic heterocycles. The molecular formula is C12H20N4O2S2. The van der Waals surface area contributed by atoms with Crippen molar-refractivity contribution in [3.05, 3.63) is 11.9 Å². The van der Waals surface area contributed by atoms with E-state index in [2.05, 4.69) is 16.9 Å². The zero-order valence-electron chi connectivity index (χ0n) is 11.7. The molecule has 1 atom stereocenters. The Bertz CT molecular complexity index is 577. The van der Waals surface area contributed by atoms with Gasteiger partial charge in [-0.25, -0.2) is 18.4 Å². The van der Waals surface area contributed by atoms with E-state index in [1.54, 1.807) is 11.8 Å². The van der Waals surface area contributed by atoms with Gasteiger partial charge in [-0.1, -0.05) is 13.3 Å². The van der Waals surface area contributed by atoms with Crippen LogP contribution in [0, 0.1) is 0 Å². The summed E-state index contributed by atoms with van der Waals surface area (Å²) in [7, 11) is -3.16. The Balaban J connectivity index is 2.45. The van der Waals surface area contributed by atoms with Crippen LogP contribution in [0.25, 0.3) is 0 Å². The molecule has 1 aromatic rings. The summed E-state index contributed by atoms with van der Waals surface area (Å²) >= 11 is 1.66. The highest BCUT2D eigenvalue weighted by Crippen LogP contribution is 2.30. The average molecular weight is 316 g/mol. The standard InChI is InChI=1S/C12H20N4O2S2/c1-3-4-9-11(13)14-8-15-12(9)16-5-6-19-7-10(16)20(2,17)18/h8,10H,3-7H2,1-2H3,(H2,13,14,15). The smallest absolute Gasteiger partial charge is 0.169 e. The fourth-order valence-corrected chi connectivity index (χ4v) is 5.15. The molecule has 2 heterocycles. The molecule has 8 heteroatoms. The van der Waals surface area contributed by atoms with Gasteiger partial charge < -0.3 is 10.6 Å². The lowest BCUT2D eigenvalue weighted by Crippen LogP contribution is -2.47. The number of aromatic nitrogens is 2. The summed E-state index contributed by atoms with van der Waals surface area (Å²) in [6, 6.07) is 0. The fraction of sp³-hybridized carbons (Fsp3) is 0.667. The highest BCUT2D eigenvalue weighted by Gasteiger charge is 2.33. The van der Waals surface area contributed by atoms with Gasteiger partial charge in [-0.3, -0.25) is 0 Å². The first kappa shape index (κ1) is 15.4. The van der Waals surface area contributed by atoms with Gasteiger partial charge in [-0.2, -0.15) is 11.8 Å². The second-order valence-corrected chi connectivity index (χ2v) is 8.22. The molecule has 2 N–H and O–H groups in total. The van der Waals surface area contributed by atoms with Crippen LogP contribution in [0.15, 0.2) is 6.33 Å². The Kier molecular flexibility index (Phi) is 4.74. The van der Waals surface area contributed by atoms with Crippen molar-refractivity contribution in [3.63, 3.8) is 0 Å². The molecule has 0 aliphatic carbocycles. The monoisotopic (exact) mass is 316 g/mol. The Labute approximate surface area is 124 Å². The maximum atomic E-state index is 12.0. The number of hydrogen-bond donors (Lipinski definition) is 1. The molecule has 1 aromatic heterocycles. The highest BCUT2D eigenvalue weighted by atomic mass is 32.2. The van der Waals surface area contributed by atoms with Crippen molar-refractivity contribution in [3.8, 4) is 0 Å². The molecule has 0 saturated carbocycles. The molecule has 1 saturated heterocycles. The summed E-state index contributed by atoms with van der Waals surface area (Å²) in [4.78, 5) is 10.2. The molecular weight excluding hydrogens is 296 g/mol. The van der Waals surface area contributed by atoms with E-state index in [0.717, 1.165) is 24.2 Å². The number of nitrogens with two attached hydrogens (primary N) is 1. The predicted molar refractivity (Wildman–Crippen MR) is 83.7 cm³/mol. The van der Waals surface area contributed by atoms with E-state index >= 15 is 0 Å². The minimum atomic E-state index is -3.16. The second-order valence-electron chi connectivity index (χ2n) is 4.86. The molecule has 1 fully saturated rings. The molecule has 1 unspecified atom stereocenters. The Morgan fingerprint density at radius 3 is 2.90 bits per heavy atom. The maximum absolute atomic E-state index is 12.0. The van der Waals surface area contributed by atoms with Crippen molar-refractivity contribution in [1.82, 2.24) is 9.97 Å². The normalized spacial score (nSPS) is 20.1. The van der Waals surface area contributed by atoms with Crippen molar-refractivity contribution in [2.75, 3.05) is 34.9 Å². The molecule has 1 aliphatic rings. The van der Waals surface area contributed by atoms with Gasteiger partial charge in [0.25, 0.3) is 0 Å². The lowest BCUT2D eigenvalue weighted by Gasteiger charge is -2.36. The maximum Gasteiger partial charge on any atom is 0.169 e. The lowest BCUT2D eigenvalue weighted by molar-refractivity contribution is 0.583.